The van der Waals surface area contributed by atoms with Crippen molar-refractivity contribution < 1.29 is 14.3 Å². The van der Waals surface area contributed by atoms with E-state index in [0.29, 0.717) is 33.0 Å². The van der Waals surface area contributed by atoms with Crippen LogP contribution in [0.3, 0.4) is 0 Å². The Morgan fingerprint density at radius 3 is 2.54 bits per heavy atom. The second kappa shape index (κ2) is 9.92. The van der Waals surface area contributed by atoms with Crippen LogP contribution in [0, 0.1) is 13.8 Å². The highest BCUT2D eigenvalue weighted by molar-refractivity contribution is 7.07. The third kappa shape index (κ3) is 4.53. The number of rotatable bonds is 7. The summed E-state index contributed by atoms with van der Waals surface area (Å²) in [5, 5.41) is 0. The summed E-state index contributed by atoms with van der Waals surface area (Å²) < 4.78 is 15.2. The van der Waals surface area contributed by atoms with Crippen LogP contribution in [0.25, 0.3) is 6.08 Å². The molecule has 1 aliphatic rings. The van der Waals surface area contributed by atoms with Crippen LogP contribution in [0.4, 0.5) is 0 Å². The molecule has 0 bridgehead atoms. The van der Waals surface area contributed by atoms with Crippen molar-refractivity contribution >= 4 is 23.4 Å². The van der Waals surface area contributed by atoms with Gasteiger partial charge in [0, 0.05) is 18.4 Å². The van der Waals surface area contributed by atoms with Gasteiger partial charge in [0.2, 0.25) is 0 Å². The van der Waals surface area contributed by atoms with E-state index >= 15 is 0 Å². The number of aromatic nitrogens is 2. The minimum Gasteiger partial charge on any atom is -0.490 e. The predicted molar refractivity (Wildman–Crippen MR) is 137 cm³/mol. The maximum atomic E-state index is 13.7. The zero-order chi connectivity index (χ0) is 25.3. The number of allylic oxidation sites excluding steroid dienone is 1. The molecule has 0 saturated carbocycles. The second-order valence-electron chi connectivity index (χ2n) is 8.36. The van der Waals surface area contributed by atoms with Crippen LogP contribution in [0.15, 0.2) is 64.0 Å². The van der Waals surface area contributed by atoms with Crippen LogP contribution >= 0.6 is 11.3 Å². The summed E-state index contributed by atoms with van der Waals surface area (Å²) in [6.07, 6.45) is 3.57. The molecule has 0 amide bonds. The Hall–Kier alpha value is -3.65. The van der Waals surface area contributed by atoms with E-state index in [1.54, 1.807) is 24.5 Å². The first kappa shape index (κ1) is 24.5. The van der Waals surface area contributed by atoms with Gasteiger partial charge < -0.3 is 14.0 Å². The molecule has 7 nitrogen and oxygen atoms in total. The number of carbonyl (C=O) groups excluding carboxylic acids is 1. The standard InChI is InChI=1S/C27H29N3O4S/c1-7-13-34-21-11-9-19(10-12-21)24-23(26(32)33-8-2)17(4)28-27-30(24)25(31)22(35-27)15-20-14-16(3)29(6)18(20)5/h7,9-12,14-15,24H,1,8,13H2,2-6H3/b22-15-/t24-/m0/s1. The molecule has 0 unspecified atom stereocenters. The van der Waals surface area contributed by atoms with Gasteiger partial charge in [0.25, 0.3) is 5.56 Å². The fourth-order valence-electron chi connectivity index (χ4n) is 4.18. The summed E-state index contributed by atoms with van der Waals surface area (Å²) in [6.45, 7) is 11.9. The van der Waals surface area contributed by atoms with Gasteiger partial charge in [-0.3, -0.25) is 9.36 Å². The fraction of sp³-hybridized carbons (Fsp3) is 0.296. The molecule has 0 radical (unpaired) electrons. The fourth-order valence-corrected chi connectivity index (χ4v) is 5.22. The normalized spacial score (nSPS) is 15.6. The molecule has 182 valence electrons. The van der Waals surface area contributed by atoms with Gasteiger partial charge in [-0.1, -0.05) is 36.1 Å². The molecule has 0 fully saturated rings. The van der Waals surface area contributed by atoms with Crippen molar-refractivity contribution in [3.63, 3.8) is 0 Å². The molecule has 35 heavy (non-hydrogen) atoms. The lowest BCUT2D eigenvalue weighted by Gasteiger charge is -2.24. The summed E-state index contributed by atoms with van der Waals surface area (Å²) in [7, 11) is 2.00. The molecule has 0 spiro atoms. The first-order valence-electron chi connectivity index (χ1n) is 11.4. The number of nitrogens with zero attached hydrogens (tertiary/aromatic N) is 3. The van der Waals surface area contributed by atoms with Crippen LogP contribution in [0.1, 0.15) is 42.4 Å². The van der Waals surface area contributed by atoms with E-state index in [0.717, 1.165) is 22.5 Å². The molecule has 3 heterocycles. The van der Waals surface area contributed by atoms with E-state index in [9.17, 15) is 9.59 Å². The molecule has 0 saturated heterocycles. The molecule has 1 aliphatic heterocycles. The average Bonchev–Trinajstić information content (AvgIpc) is 3.27. The summed E-state index contributed by atoms with van der Waals surface area (Å²) in [6, 6.07) is 8.78. The van der Waals surface area contributed by atoms with Crippen LogP contribution in [0.5, 0.6) is 5.75 Å². The Kier molecular flexibility index (Phi) is 6.93. The summed E-state index contributed by atoms with van der Waals surface area (Å²) in [4.78, 5) is 31.9. The highest BCUT2D eigenvalue weighted by Gasteiger charge is 2.33. The molecule has 0 aliphatic carbocycles. The topological polar surface area (TPSA) is 74.8 Å². The van der Waals surface area contributed by atoms with Gasteiger partial charge >= 0.3 is 5.97 Å². The third-order valence-electron chi connectivity index (χ3n) is 6.18. The first-order chi connectivity index (χ1) is 16.8. The number of esters is 1. The number of thiazole rings is 1. The van der Waals surface area contributed by atoms with Gasteiger partial charge in [-0.2, -0.15) is 0 Å². The van der Waals surface area contributed by atoms with E-state index in [4.69, 9.17) is 9.47 Å². The number of benzene rings is 1. The molecular weight excluding hydrogens is 462 g/mol. The summed E-state index contributed by atoms with van der Waals surface area (Å²) in [5.41, 5.74) is 4.64. The molecule has 1 aromatic carbocycles. The van der Waals surface area contributed by atoms with E-state index in [-0.39, 0.29) is 12.2 Å². The molecule has 0 N–H and O–H groups in total. The number of hydrogen-bond donors (Lipinski definition) is 0. The Labute approximate surface area is 208 Å². The Morgan fingerprint density at radius 1 is 1.23 bits per heavy atom. The Morgan fingerprint density at radius 2 is 1.94 bits per heavy atom. The summed E-state index contributed by atoms with van der Waals surface area (Å²) >= 11 is 1.32. The Bertz CT molecular complexity index is 1500. The number of carbonyl (C=O) groups is 1. The van der Waals surface area contributed by atoms with Crippen molar-refractivity contribution in [1.82, 2.24) is 9.13 Å². The summed E-state index contributed by atoms with van der Waals surface area (Å²) in [5.74, 6) is 0.198. The van der Waals surface area contributed by atoms with E-state index < -0.39 is 12.0 Å². The van der Waals surface area contributed by atoms with Crippen molar-refractivity contribution in [2.45, 2.75) is 33.7 Å². The lowest BCUT2D eigenvalue weighted by molar-refractivity contribution is -0.139. The second-order valence-corrected chi connectivity index (χ2v) is 9.37. The molecule has 1 atom stereocenters. The van der Waals surface area contributed by atoms with Gasteiger partial charge in [-0.25, -0.2) is 9.79 Å². The van der Waals surface area contributed by atoms with Crippen molar-refractivity contribution in [2.24, 2.45) is 12.0 Å². The van der Waals surface area contributed by atoms with Gasteiger partial charge in [-0.15, -0.1) is 0 Å². The van der Waals surface area contributed by atoms with Gasteiger partial charge in [-0.05, 0) is 63.1 Å². The highest BCUT2D eigenvalue weighted by Crippen LogP contribution is 2.31. The van der Waals surface area contributed by atoms with Crippen molar-refractivity contribution in [1.29, 1.82) is 0 Å². The minimum absolute atomic E-state index is 0.194. The number of hydrogen-bond acceptors (Lipinski definition) is 6. The third-order valence-corrected chi connectivity index (χ3v) is 7.16. The zero-order valence-electron chi connectivity index (χ0n) is 20.6. The highest BCUT2D eigenvalue weighted by atomic mass is 32.1. The maximum Gasteiger partial charge on any atom is 0.338 e. The van der Waals surface area contributed by atoms with Crippen molar-refractivity contribution in [2.75, 3.05) is 13.2 Å². The van der Waals surface area contributed by atoms with Gasteiger partial charge in [0.05, 0.1) is 28.5 Å². The molecule has 2 aromatic heterocycles. The van der Waals surface area contributed by atoms with Gasteiger partial charge in [0.1, 0.15) is 12.4 Å². The SMILES string of the molecule is C=CCOc1ccc([C@H]2C(C(=O)OCC)=C(C)N=c3s/c(=C\c4cc(C)n(C)c4C)c(=O)n32)cc1. The molecule has 4 rings (SSSR count). The van der Waals surface area contributed by atoms with Gasteiger partial charge in [0.15, 0.2) is 4.80 Å². The zero-order valence-corrected chi connectivity index (χ0v) is 21.4. The van der Waals surface area contributed by atoms with Crippen molar-refractivity contribution in [3.05, 3.63) is 96.5 Å². The van der Waals surface area contributed by atoms with Crippen LogP contribution in [0.2, 0.25) is 0 Å². The Balaban J connectivity index is 1.90. The lowest BCUT2D eigenvalue weighted by atomic mass is 9.96. The number of fused-ring (bicyclic) bond motifs is 1. The van der Waals surface area contributed by atoms with Crippen LogP contribution in [-0.4, -0.2) is 28.3 Å². The van der Waals surface area contributed by atoms with E-state index in [1.807, 2.05) is 51.2 Å². The largest absolute Gasteiger partial charge is 0.490 e. The monoisotopic (exact) mass is 491 g/mol. The number of aryl methyl sites for hydroxylation is 1. The first-order valence-corrected chi connectivity index (χ1v) is 12.2. The number of ether oxygens (including phenoxy) is 2. The van der Waals surface area contributed by atoms with Crippen LogP contribution in [-0.2, 0) is 16.6 Å². The predicted octanol–water partition coefficient (Wildman–Crippen LogP) is 3.32. The quantitative estimate of drug-likeness (QED) is 0.375. The lowest BCUT2D eigenvalue weighted by Crippen LogP contribution is -2.39. The van der Waals surface area contributed by atoms with E-state index in [2.05, 4.69) is 22.2 Å². The van der Waals surface area contributed by atoms with Crippen LogP contribution < -0.4 is 19.6 Å². The molecule has 3 aromatic rings. The maximum absolute atomic E-state index is 13.7. The molecular formula is C27H29N3O4S. The van der Waals surface area contributed by atoms with Crippen molar-refractivity contribution in [3.8, 4) is 5.75 Å². The van der Waals surface area contributed by atoms with E-state index in [1.165, 1.54) is 11.3 Å². The smallest absolute Gasteiger partial charge is 0.338 e. The average molecular weight is 492 g/mol. The minimum atomic E-state index is -0.653. The molecule has 8 heteroatoms.